The summed E-state index contributed by atoms with van der Waals surface area (Å²) < 4.78 is 35.2. The maximum absolute atomic E-state index is 13.3. The van der Waals surface area contributed by atoms with Crippen LogP contribution in [0.5, 0.6) is 0 Å². The Hall–Kier alpha value is -2.06. The molecule has 2 heterocycles. The van der Waals surface area contributed by atoms with Gasteiger partial charge in [-0.3, -0.25) is 0 Å². The number of methoxy groups -OCH3 is 1. The van der Waals surface area contributed by atoms with Crippen LogP contribution >= 0.6 is 0 Å². The summed E-state index contributed by atoms with van der Waals surface area (Å²) in [7, 11) is 1.12. The lowest BCUT2D eigenvalue weighted by Gasteiger charge is -2.72. The zero-order valence-corrected chi connectivity index (χ0v) is 39.3. The lowest BCUT2D eigenvalue weighted by atomic mass is 9.33. The molecule has 7 rings (SSSR count). The Bertz CT molecular complexity index is 1810. The number of aliphatic hydroxyl groups is 8. The van der Waals surface area contributed by atoms with E-state index in [-0.39, 0.29) is 40.6 Å². The third-order valence-corrected chi connectivity index (χ3v) is 18.5. The van der Waals surface area contributed by atoms with Crippen molar-refractivity contribution < 1.29 is 78.9 Å². The van der Waals surface area contributed by atoms with Crippen molar-refractivity contribution in [1.82, 2.24) is 0 Å². The van der Waals surface area contributed by atoms with Crippen LogP contribution in [0.2, 0.25) is 0 Å². The van der Waals surface area contributed by atoms with Crippen molar-refractivity contribution in [2.45, 2.75) is 193 Å². The van der Waals surface area contributed by atoms with Crippen LogP contribution in [-0.4, -0.2) is 153 Å². The molecule has 0 aromatic carbocycles. The Balaban J connectivity index is 1.15. The van der Waals surface area contributed by atoms with Gasteiger partial charge >= 0.3 is 11.9 Å². The zero-order chi connectivity index (χ0) is 47.3. The van der Waals surface area contributed by atoms with E-state index in [0.29, 0.717) is 24.8 Å². The molecule has 5 aliphatic carbocycles. The summed E-state index contributed by atoms with van der Waals surface area (Å²) in [5.41, 5.74) is -0.905. The van der Waals surface area contributed by atoms with E-state index in [1.807, 2.05) is 0 Å². The topological polar surface area (TPSA) is 251 Å². The third kappa shape index (κ3) is 7.56. The van der Waals surface area contributed by atoms with Crippen LogP contribution in [0.25, 0.3) is 0 Å². The van der Waals surface area contributed by atoms with Gasteiger partial charge in [0.1, 0.15) is 48.8 Å². The minimum atomic E-state index is -1.84. The number of allylic oxidation sites excluding steroid dienone is 3. The molecule has 0 aromatic heterocycles. The average molecular weight is 909 g/mol. The Morgan fingerprint density at radius 3 is 2.09 bits per heavy atom. The van der Waals surface area contributed by atoms with Crippen molar-refractivity contribution >= 4 is 11.9 Å². The van der Waals surface area contributed by atoms with Crippen LogP contribution in [0.3, 0.4) is 0 Å². The molecule has 0 bridgehead atoms. The second-order valence-electron chi connectivity index (χ2n) is 22.5. The first-order valence-electron chi connectivity index (χ1n) is 23.4. The molecule has 0 amide bonds. The highest BCUT2D eigenvalue weighted by Crippen LogP contribution is 2.76. The lowest BCUT2D eigenvalue weighted by Crippen LogP contribution is -2.69. The van der Waals surface area contributed by atoms with Crippen molar-refractivity contribution in [1.29, 1.82) is 0 Å². The first-order valence-corrected chi connectivity index (χ1v) is 23.4. The summed E-state index contributed by atoms with van der Waals surface area (Å²) in [5, 5.41) is 88.1. The van der Waals surface area contributed by atoms with Crippen LogP contribution < -0.4 is 0 Å². The molecule has 0 spiro atoms. The number of carbonyl (C=O) groups excluding carboxylic acids is 2. The number of carbonyl (C=O) groups is 2. The van der Waals surface area contributed by atoms with Crippen LogP contribution in [0.4, 0.5) is 0 Å². The van der Waals surface area contributed by atoms with E-state index in [9.17, 15) is 50.4 Å². The van der Waals surface area contributed by atoms with Gasteiger partial charge in [-0.05, 0) is 110 Å². The molecule has 8 N–H and O–H groups in total. The molecule has 0 aromatic rings. The van der Waals surface area contributed by atoms with Gasteiger partial charge < -0.3 is 69.3 Å². The van der Waals surface area contributed by atoms with Crippen molar-refractivity contribution in [3.63, 3.8) is 0 Å². The molecule has 364 valence electrons. The fraction of sp³-hybridized carbons (Fsp3) is 0.875. The summed E-state index contributed by atoms with van der Waals surface area (Å²) in [6, 6.07) is 0. The molecule has 0 radical (unpaired) electrons. The molecule has 7 aliphatic rings. The number of aliphatic hydroxyl groups excluding tert-OH is 8. The number of rotatable bonds is 9. The Kier molecular flexibility index (Phi) is 13.6. The highest BCUT2D eigenvalue weighted by molar-refractivity contribution is 5.87. The Morgan fingerprint density at radius 2 is 1.47 bits per heavy atom. The van der Waals surface area contributed by atoms with E-state index in [2.05, 4.69) is 54.5 Å². The molecule has 0 unspecified atom stereocenters. The number of hydrogen-bond acceptors (Lipinski definition) is 16. The van der Waals surface area contributed by atoms with Gasteiger partial charge in [0.2, 0.25) is 0 Å². The van der Waals surface area contributed by atoms with E-state index >= 15 is 0 Å². The van der Waals surface area contributed by atoms with E-state index in [4.69, 9.17) is 28.4 Å². The maximum Gasteiger partial charge on any atom is 0.337 e. The number of esters is 2. The normalized spacial score (nSPS) is 49.8. The highest BCUT2D eigenvalue weighted by Gasteiger charge is 2.72. The molecular weight excluding hydrogens is 833 g/mol. The molecular formula is C48H76O16. The predicted molar refractivity (Wildman–Crippen MR) is 228 cm³/mol. The summed E-state index contributed by atoms with van der Waals surface area (Å²) >= 11 is 0. The van der Waals surface area contributed by atoms with E-state index in [1.165, 1.54) is 5.57 Å². The highest BCUT2D eigenvalue weighted by atomic mass is 16.7. The summed E-state index contributed by atoms with van der Waals surface area (Å²) in [4.78, 5) is 26.3. The third-order valence-electron chi connectivity index (χ3n) is 18.5. The molecule has 2 saturated heterocycles. The zero-order valence-electron chi connectivity index (χ0n) is 39.3. The molecule has 6 fully saturated rings. The Morgan fingerprint density at radius 1 is 0.797 bits per heavy atom. The van der Waals surface area contributed by atoms with Gasteiger partial charge in [0.05, 0.1) is 37.9 Å². The second kappa shape index (κ2) is 17.5. The molecule has 4 saturated carbocycles. The second-order valence-corrected chi connectivity index (χ2v) is 22.5. The average Bonchev–Trinajstić information content (AvgIpc) is 3.23. The lowest BCUT2D eigenvalue weighted by molar-refractivity contribution is -0.365. The molecule has 2 aliphatic heterocycles. The van der Waals surface area contributed by atoms with Gasteiger partial charge in [0.25, 0.3) is 0 Å². The van der Waals surface area contributed by atoms with Gasteiger partial charge in [-0.1, -0.05) is 66.2 Å². The molecule has 64 heavy (non-hydrogen) atoms. The van der Waals surface area contributed by atoms with E-state index < -0.39 is 115 Å². The van der Waals surface area contributed by atoms with Gasteiger partial charge in [-0.25, -0.2) is 9.59 Å². The predicted octanol–water partition coefficient (Wildman–Crippen LogP) is 2.43. The minimum Gasteiger partial charge on any atom is -0.467 e. The van der Waals surface area contributed by atoms with Crippen LogP contribution in [0.1, 0.15) is 114 Å². The van der Waals surface area contributed by atoms with Gasteiger partial charge in [0.15, 0.2) is 18.7 Å². The van der Waals surface area contributed by atoms with Crippen LogP contribution in [0.15, 0.2) is 23.3 Å². The van der Waals surface area contributed by atoms with Gasteiger partial charge in [0, 0.05) is 5.57 Å². The van der Waals surface area contributed by atoms with Gasteiger partial charge in [-0.2, -0.15) is 0 Å². The van der Waals surface area contributed by atoms with Crippen molar-refractivity contribution in [2.75, 3.05) is 20.3 Å². The smallest absolute Gasteiger partial charge is 0.337 e. The summed E-state index contributed by atoms with van der Waals surface area (Å²) in [5.74, 6) is -1.27. The largest absolute Gasteiger partial charge is 0.467 e. The maximum atomic E-state index is 13.3. The summed E-state index contributed by atoms with van der Waals surface area (Å²) in [6.45, 7) is 18.2. The van der Waals surface area contributed by atoms with E-state index in [0.717, 1.165) is 39.2 Å². The quantitative estimate of drug-likeness (QED) is 0.0716. The van der Waals surface area contributed by atoms with Crippen molar-refractivity contribution in [3.05, 3.63) is 23.3 Å². The van der Waals surface area contributed by atoms with Crippen molar-refractivity contribution in [3.8, 4) is 0 Å². The number of fused-ring (bicyclic) bond motifs is 7. The van der Waals surface area contributed by atoms with E-state index in [1.54, 1.807) is 19.9 Å². The number of hydrogen-bond donors (Lipinski definition) is 8. The Labute approximate surface area is 377 Å². The molecule has 16 heteroatoms. The number of ether oxygens (including phenoxy) is 6. The monoisotopic (exact) mass is 909 g/mol. The van der Waals surface area contributed by atoms with Crippen LogP contribution in [0, 0.1) is 50.2 Å². The van der Waals surface area contributed by atoms with Crippen LogP contribution in [-0.2, 0) is 38.0 Å². The standard InChI is InChI=1S/C48H76O16/c1-11-23(2)39(57)61-31-20-43(3,4)18-25-24-12-13-28-45(7)16-15-30(44(5,6)27(45)14-17-46(28,8)47(24,9)19-29(51)48(25,31)22-50)62-42-36(56)37(35(55)38(64-42)40(58)59-10)63-41-34(54)33(53)32(52)26(21-49)60-41/h11-12,25-38,41-42,49-56H,13-22H2,1-10H3/b23-11+/t25-,26+,27-,28+,29-,30-,31-,32+,33-,34+,35-,36+,37-,38-,41-,42+,45-,46+,47+,48-/m0/s1. The minimum absolute atomic E-state index is 0.122. The van der Waals surface area contributed by atoms with Crippen molar-refractivity contribution in [2.24, 2.45) is 50.2 Å². The first kappa shape index (κ1) is 49.8. The van der Waals surface area contributed by atoms with Gasteiger partial charge in [-0.15, -0.1) is 0 Å². The fourth-order valence-electron chi connectivity index (χ4n) is 14.5. The molecule has 20 atom stereocenters. The molecule has 16 nitrogen and oxygen atoms in total. The SMILES string of the molecule is C/C=C(\C)C(=O)O[C@H]1CC(C)(C)C[C@H]2C3=CC[C@@H]4[C@@]5(C)CC[C@H](O[C@@H]6O[C@H](C(=O)OC)[C@@H](O)[C@H](O[C@@H]7O[C@H](CO)[C@@H](O)[C@H](O)[C@H]7O)[C@H]6O)C(C)(C)[C@@H]5CC[C@@]4(C)[C@]3(C)C[C@H](O)[C@@]12CO. The summed E-state index contributed by atoms with van der Waals surface area (Å²) in [6.07, 6.45) is -9.23. The fourth-order valence-corrected chi connectivity index (χ4v) is 14.5. The first-order chi connectivity index (χ1) is 29.8.